The molecular formula is C17H18ClNO5S. The van der Waals surface area contributed by atoms with E-state index in [1.165, 1.54) is 32.4 Å². The Hall–Kier alpha value is -2.09. The van der Waals surface area contributed by atoms with Gasteiger partial charge in [-0.05, 0) is 23.8 Å². The molecule has 2 aromatic carbocycles. The number of nitrogens with zero attached hydrogens (tertiary/aromatic N) is 1. The number of methoxy groups -OCH3 is 2. The van der Waals surface area contributed by atoms with Crippen molar-refractivity contribution in [1.29, 1.82) is 0 Å². The number of hydrogen-bond donors (Lipinski definition) is 0. The lowest BCUT2D eigenvalue weighted by molar-refractivity contribution is -0.140. The smallest absolute Gasteiger partial charge is 0.321 e. The topological polar surface area (TPSA) is 72.9 Å². The molecule has 134 valence electrons. The normalized spacial score (nSPS) is 11.4. The molecule has 0 aliphatic heterocycles. The van der Waals surface area contributed by atoms with Gasteiger partial charge in [0.1, 0.15) is 12.3 Å². The van der Waals surface area contributed by atoms with E-state index in [9.17, 15) is 13.2 Å². The summed E-state index contributed by atoms with van der Waals surface area (Å²) in [6.07, 6.45) is 0. The Morgan fingerprint density at radius 1 is 1.12 bits per heavy atom. The Labute approximate surface area is 152 Å². The third kappa shape index (κ3) is 4.72. The molecule has 0 unspecified atom stereocenters. The average Bonchev–Trinajstić information content (AvgIpc) is 2.61. The number of benzene rings is 2. The zero-order valence-corrected chi connectivity index (χ0v) is 15.4. The first-order valence-electron chi connectivity index (χ1n) is 7.33. The van der Waals surface area contributed by atoms with Gasteiger partial charge in [0, 0.05) is 6.54 Å². The number of ether oxygens (including phenoxy) is 2. The molecule has 2 rings (SSSR count). The van der Waals surface area contributed by atoms with Crippen molar-refractivity contribution in [2.75, 3.05) is 20.8 Å². The van der Waals surface area contributed by atoms with Gasteiger partial charge < -0.3 is 9.47 Å². The highest BCUT2D eigenvalue weighted by molar-refractivity contribution is 7.89. The first-order valence-corrected chi connectivity index (χ1v) is 9.14. The zero-order valence-electron chi connectivity index (χ0n) is 13.8. The van der Waals surface area contributed by atoms with Crippen molar-refractivity contribution in [2.45, 2.75) is 11.4 Å². The second-order valence-electron chi connectivity index (χ2n) is 5.13. The predicted octanol–water partition coefficient (Wildman–Crippen LogP) is 2.71. The number of sulfonamides is 1. The molecule has 0 saturated heterocycles. The number of rotatable bonds is 7. The van der Waals surface area contributed by atoms with E-state index in [-0.39, 0.29) is 16.5 Å². The molecule has 2 aromatic rings. The Balaban J connectivity index is 2.40. The predicted molar refractivity (Wildman–Crippen MR) is 94.1 cm³/mol. The third-order valence-electron chi connectivity index (χ3n) is 3.50. The fourth-order valence-electron chi connectivity index (χ4n) is 2.18. The van der Waals surface area contributed by atoms with Crippen molar-refractivity contribution in [2.24, 2.45) is 0 Å². The van der Waals surface area contributed by atoms with Gasteiger partial charge in [-0.15, -0.1) is 0 Å². The lowest BCUT2D eigenvalue weighted by Crippen LogP contribution is -2.35. The summed E-state index contributed by atoms with van der Waals surface area (Å²) in [5.41, 5.74) is 0.745. The van der Waals surface area contributed by atoms with Gasteiger partial charge >= 0.3 is 5.97 Å². The largest absolute Gasteiger partial charge is 0.495 e. The average molecular weight is 384 g/mol. The molecule has 0 aromatic heterocycles. The molecule has 0 amide bonds. The maximum Gasteiger partial charge on any atom is 0.321 e. The molecule has 0 N–H and O–H groups in total. The van der Waals surface area contributed by atoms with E-state index < -0.39 is 22.5 Å². The zero-order chi connectivity index (χ0) is 18.4. The standard InChI is InChI=1S/C17H18ClNO5S/c1-23-16-9-8-14(10-15(16)18)25(21,22)19(12-17(20)24-2)11-13-6-4-3-5-7-13/h3-10H,11-12H2,1-2H3. The minimum Gasteiger partial charge on any atom is -0.495 e. The van der Waals surface area contributed by atoms with Crippen molar-refractivity contribution in [1.82, 2.24) is 4.31 Å². The molecule has 0 bridgehead atoms. The maximum absolute atomic E-state index is 13.0. The van der Waals surface area contributed by atoms with Gasteiger partial charge in [0.2, 0.25) is 10.0 Å². The van der Waals surface area contributed by atoms with Crippen LogP contribution in [0.4, 0.5) is 0 Å². The number of carbonyl (C=O) groups excluding carboxylic acids is 1. The van der Waals surface area contributed by atoms with Crippen LogP contribution in [0.5, 0.6) is 5.75 Å². The maximum atomic E-state index is 13.0. The van der Waals surface area contributed by atoms with Gasteiger partial charge in [0.05, 0.1) is 24.1 Å². The second kappa shape index (κ2) is 8.33. The summed E-state index contributed by atoms with van der Waals surface area (Å²) in [7, 11) is -1.31. The Bertz CT molecular complexity index is 839. The molecule has 0 heterocycles. The van der Waals surface area contributed by atoms with Gasteiger partial charge in [-0.25, -0.2) is 8.42 Å². The molecule has 8 heteroatoms. The first kappa shape index (κ1) is 19.2. The van der Waals surface area contributed by atoms with Gasteiger partial charge in [0.15, 0.2) is 0 Å². The molecular weight excluding hydrogens is 366 g/mol. The summed E-state index contributed by atoms with van der Waals surface area (Å²) in [5.74, 6) is -0.290. The van der Waals surface area contributed by atoms with Gasteiger partial charge in [-0.1, -0.05) is 41.9 Å². The SMILES string of the molecule is COC(=O)CN(Cc1ccccc1)S(=O)(=O)c1ccc(OC)c(Cl)c1. The third-order valence-corrected chi connectivity index (χ3v) is 5.58. The van der Waals surface area contributed by atoms with E-state index >= 15 is 0 Å². The van der Waals surface area contributed by atoms with Gasteiger partial charge in [0.25, 0.3) is 0 Å². The van der Waals surface area contributed by atoms with Crippen molar-refractivity contribution in [3.63, 3.8) is 0 Å². The van der Waals surface area contributed by atoms with Gasteiger partial charge in [-0.2, -0.15) is 4.31 Å². The molecule has 25 heavy (non-hydrogen) atoms. The van der Waals surface area contributed by atoms with Crippen LogP contribution < -0.4 is 4.74 Å². The quantitative estimate of drug-likeness (QED) is 0.687. The second-order valence-corrected chi connectivity index (χ2v) is 7.48. The Morgan fingerprint density at radius 3 is 2.36 bits per heavy atom. The van der Waals surface area contributed by atoms with Crippen LogP contribution in [-0.4, -0.2) is 39.5 Å². The summed E-state index contributed by atoms with van der Waals surface area (Å²) >= 11 is 6.03. The van der Waals surface area contributed by atoms with Crippen LogP contribution in [0.1, 0.15) is 5.56 Å². The van der Waals surface area contributed by atoms with Crippen LogP contribution in [0.25, 0.3) is 0 Å². The summed E-state index contributed by atoms with van der Waals surface area (Å²) in [6.45, 7) is -0.376. The highest BCUT2D eigenvalue weighted by Crippen LogP contribution is 2.28. The molecule has 0 spiro atoms. The minimum absolute atomic E-state index is 0.0295. The minimum atomic E-state index is -3.96. The number of halogens is 1. The van der Waals surface area contributed by atoms with Gasteiger partial charge in [-0.3, -0.25) is 4.79 Å². The lowest BCUT2D eigenvalue weighted by Gasteiger charge is -2.21. The summed E-state index contributed by atoms with van der Waals surface area (Å²) in [5, 5.41) is 0.168. The van der Waals surface area contributed by atoms with Crippen molar-refractivity contribution >= 4 is 27.6 Å². The molecule has 6 nitrogen and oxygen atoms in total. The molecule has 0 saturated carbocycles. The van der Waals surface area contributed by atoms with E-state index in [2.05, 4.69) is 4.74 Å². The molecule has 0 radical (unpaired) electrons. The van der Waals surface area contributed by atoms with Crippen LogP contribution in [-0.2, 0) is 26.1 Å². The van der Waals surface area contributed by atoms with Crippen LogP contribution in [0.3, 0.4) is 0 Å². The monoisotopic (exact) mass is 383 g/mol. The summed E-state index contributed by atoms with van der Waals surface area (Å²) < 4.78 is 36.6. The van der Waals surface area contributed by atoms with E-state index in [1.807, 2.05) is 6.07 Å². The van der Waals surface area contributed by atoms with E-state index in [0.29, 0.717) is 5.75 Å². The van der Waals surface area contributed by atoms with Crippen LogP contribution in [0.15, 0.2) is 53.4 Å². The fraction of sp³-hybridized carbons (Fsp3) is 0.235. The highest BCUT2D eigenvalue weighted by Gasteiger charge is 2.28. The fourth-order valence-corrected chi connectivity index (χ4v) is 3.90. The van der Waals surface area contributed by atoms with E-state index in [4.69, 9.17) is 16.3 Å². The van der Waals surface area contributed by atoms with E-state index in [1.54, 1.807) is 24.3 Å². The van der Waals surface area contributed by atoms with E-state index in [0.717, 1.165) is 9.87 Å². The number of esters is 1. The molecule has 0 atom stereocenters. The van der Waals surface area contributed by atoms with Crippen LogP contribution in [0.2, 0.25) is 5.02 Å². The Kier molecular flexibility index (Phi) is 6.41. The summed E-state index contributed by atoms with van der Waals surface area (Å²) in [4.78, 5) is 11.7. The van der Waals surface area contributed by atoms with Crippen LogP contribution >= 0.6 is 11.6 Å². The van der Waals surface area contributed by atoms with Crippen molar-refractivity contribution in [3.05, 3.63) is 59.1 Å². The summed E-state index contributed by atoms with van der Waals surface area (Å²) in [6, 6.07) is 13.1. The Morgan fingerprint density at radius 2 is 1.80 bits per heavy atom. The molecule has 0 aliphatic rings. The van der Waals surface area contributed by atoms with Crippen molar-refractivity contribution in [3.8, 4) is 5.75 Å². The first-order chi connectivity index (χ1) is 11.9. The lowest BCUT2D eigenvalue weighted by atomic mass is 10.2. The highest BCUT2D eigenvalue weighted by atomic mass is 35.5. The van der Waals surface area contributed by atoms with Crippen LogP contribution in [0, 0.1) is 0 Å². The molecule has 0 aliphatic carbocycles. The number of hydrogen-bond acceptors (Lipinski definition) is 5. The molecule has 0 fully saturated rings. The van der Waals surface area contributed by atoms with Crippen molar-refractivity contribution < 1.29 is 22.7 Å². The number of carbonyl (C=O) groups is 1.